The van der Waals surface area contributed by atoms with Gasteiger partial charge in [-0.05, 0) is 30.7 Å². The highest BCUT2D eigenvalue weighted by molar-refractivity contribution is 6.30. The molecule has 1 aliphatic carbocycles. The standard InChI is InChI=1S/C13H17ClO2/c1-8-6-9(14)4-5-10(8)16-12-7-11(15)13(12,2)3/h4-6,11-12,15H,7H2,1-3H3. The van der Waals surface area contributed by atoms with Crippen LogP contribution in [0.2, 0.25) is 5.02 Å². The summed E-state index contributed by atoms with van der Waals surface area (Å²) in [6, 6.07) is 5.60. The molecule has 2 rings (SSSR count). The summed E-state index contributed by atoms with van der Waals surface area (Å²) in [5, 5.41) is 10.4. The van der Waals surface area contributed by atoms with Gasteiger partial charge in [-0.1, -0.05) is 25.4 Å². The average molecular weight is 241 g/mol. The fourth-order valence-electron chi connectivity index (χ4n) is 1.96. The zero-order chi connectivity index (χ0) is 11.9. The predicted octanol–water partition coefficient (Wildman–Crippen LogP) is 3.19. The van der Waals surface area contributed by atoms with E-state index in [1.165, 1.54) is 0 Å². The SMILES string of the molecule is Cc1cc(Cl)ccc1OC1CC(O)C1(C)C. The molecule has 1 N–H and O–H groups in total. The van der Waals surface area contributed by atoms with Crippen molar-refractivity contribution in [2.75, 3.05) is 0 Å². The second-order valence-corrected chi connectivity index (χ2v) is 5.53. The first-order valence-corrected chi connectivity index (χ1v) is 5.90. The molecule has 0 saturated heterocycles. The van der Waals surface area contributed by atoms with Crippen LogP contribution in [0.3, 0.4) is 0 Å². The third kappa shape index (κ3) is 1.92. The van der Waals surface area contributed by atoms with Gasteiger partial charge in [-0.2, -0.15) is 0 Å². The minimum atomic E-state index is -0.259. The van der Waals surface area contributed by atoms with Crippen molar-refractivity contribution < 1.29 is 9.84 Å². The topological polar surface area (TPSA) is 29.5 Å². The fraction of sp³-hybridized carbons (Fsp3) is 0.538. The van der Waals surface area contributed by atoms with Gasteiger partial charge in [-0.25, -0.2) is 0 Å². The van der Waals surface area contributed by atoms with Crippen molar-refractivity contribution in [1.29, 1.82) is 0 Å². The lowest BCUT2D eigenvalue weighted by Crippen LogP contribution is -2.56. The monoisotopic (exact) mass is 240 g/mol. The number of hydrogen-bond acceptors (Lipinski definition) is 2. The van der Waals surface area contributed by atoms with Gasteiger partial charge in [0.2, 0.25) is 0 Å². The maximum absolute atomic E-state index is 9.64. The molecule has 1 fully saturated rings. The number of ether oxygens (including phenoxy) is 1. The molecule has 2 nitrogen and oxygen atoms in total. The van der Waals surface area contributed by atoms with E-state index in [2.05, 4.69) is 0 Å². The molecule has 0 spiro atoms. The molecule has 2 atom stereocenters. The van der Waals surface area contributed by atoms with E-state index in [4.69, 9.17) is 16.3 Å². The van der Waals surface area contributed by atoms with Gasteiger partial charge in [0.05, 0.1) is 6.10 Å². The van der Waals surface area contributed by atoms with E-state index in [1.54, 1.807) is 0 Å². The van der Waals surface area contributed by atoms with Crippen LogP contribution in [-0.4, -0.2) is 17.3 Å². The molecule has 0 amide bonds. The summed E-state index contributed by atoms with van der Waals surface area (Å²) < 4.78 is 5.90. The molecule has 1 aliphatic rings. The summed E-state index contributed by atoms with van der Waals surface area (Å²) in [4.78, 5) is 0. The molecular formula is C13H17ClO2. The Morgan fingerprint density at radius 2 is 2.12 bits per heavy atom. The Balaban J connectivity index is 2.11. The Morgan fingerprint density at radius 1 is 1.44 bits per heavy atom. The molecule has 1 saturated carbocycles. The van der Waals surface area contributed by atoms with Gasteiger partial charge < -0.3 is 9.84 Å². The number of halogens is 1. The first-order chi connectivity index (χ1) is 7.41. The van der Waals surface area contributed by atoms with Crippen molar-refractivity contribution in [3.63, 3.8) is 0 Å². The number of hydrogen-bond donors (Lipinski definition) is 1. The Hall–Kier alpha value is -0.730. The second-order valence-electron chi connectivity index (χ2n) is 5.09. The minimum absolute atomic E-state index is 0.0855. The largest absolute Gasteiger partial charge is 0.489 e. The van der Waals surface area contributed by atoms with Crippen LogP contribution >= 0.6 is 11.6 Å². The van der Waals surface area contributed by atoms with Gasteiger partial charge >= 0.3 is 0 Å². The zero-order valence-electron chi connectivity index (χ0n) is 9.83. The molecule has 0 bridgehead atoms. The van der Waals surface area contributed by atoms with Crippen molar-refractivity contribution in [2.45, 2.75) is 39.4 Å². The molecule has 0 aliphatic heterocycles. The lowest BCUT2D eigenvalue weighted by atomic mass is 9.66. The van der Waals surface area contributed by atoms with E-state index < -0.39 is 0 Å². The summed E-state index contributed by atoms with van der Waals surface area (Å²) in [5.41, 5.74) is 0.871. The van der Waals surface area contributed by atoms with Crippen LogP contribution in [0.4, 0.5) is 0 Å². The zero-order valence-corrected chi connectivity index (χ0v) is 10.6. The summed E-state index contributed by atoms with van der Waals surface area (Å²) in [7, 11) is 0. The summed E-state index contributed by atoms with van der Waals surface area (Å²) in [6.45, 7) is 6.03. The van der Waals surface area contributed by atoms with Gasteiger partial charge in [0.15, 0.2) is 0 Å². The molecular weight excluding hydrogens is 224 g/mol. The van der Waals surface area contributed by atoms with Crippen LogP contribution in [0.15, 0.2) is 18.2 Å². The van der Waals surface area contributed by atoms with Gasteiger partial charge in [-0.15, -0.1) is 0 Å². The van der Waals surface area contributed by atoms with E-state index in [-0.39, 0.29) is 17.6 Å². The third-order valence-electron chi connectivity index (χ3n) is 3.53. The number of aliphatic hydroxyl groups excluding tert-OH is 1. The number of rotatable bonds is 2. The lowest BCUT2D eigenvalue weighted by Gasteiger charge is -2.48. The molecule has 1 aromatic rings. The molecule has 2 unspecified atom stereocenters. The average Bonchev–Trinajstić information content (AvgIpc) is 2.21. The molecule has 0 aromatic heterocycles. The third-order valence-corrected chi connectivity index (χ3v) is 3.77. The molecule has 1 aromatic carbocycles. The van der Waals surface area contributed by atoms with Gasteiger partial charge in [0.25, 0.3) is 0 Å². The highest BCUT2D eigenvalue weighted by Gasteiger charge is 2.49. The van der Waals surface area contributed by atoms with E-state index in [0.29, 0.717) is 6.42 Å². The van der Waals surface area contributed by atoms with Gasteiger partial charge in [-0.3, -0.25) is 0 Å². The van der Waals surface area contributed by atoms with Crippen LogP contribution in [0.25, 0.3) is 0 Å². The van der Waals surface area contributed by atoms with E-state index in [9.17, 15) is 5.11 Å². The maximum atomic E-state index is 9.64. The number of benzene rings is 1. The van der Waals surface area contributed by atoms with Crippen molar-refractivity contribution in [1.82, 2.24) is 0 Å². The molecule has 16 heavy (non-hydrogen) atoms. The van der Waals surface area contributed by atoms with Crippen LogP contribution in [-0.2, 0) is 0 Å². The lowest BCUT2D eigenvalue weighted by molar-refractivity contribution is -0.134. The van der Waals surface area contributed by atoms with Crippen molar-refractivity contribution in [3.05, 3.63) is 28.8 Å². The quantitative estimate of drug-likeness (QED) is 0.860. The minimum Gasteiger partial charge on any atom is -0.489 e. The maximum Gasteiger partial charge on any atom is 0.122 e. The highest BCUT2D eigenvalue weighted by Crippen LogP contribution is 2.43. The first-order valence-electron chi connectivity index (χ1n) is 5.52. The smallest absolute Gasteiger partial charge is 0.122 e. The summed E-state index contributed by atoms with van der Waals surface area (Å²) in [6.07, 6.45) is 0.530. The molecule has 3 heteroatoms. The van der Waals surface area contributed by atoms with Crippen LogP contribution < -0.4 is 4.74 Å². The number of aliphatic hydroxyl groups is 1. The van der Waals surface area contributed by atoms with Crippen LogP contribution in [0, 0.1) is 12.3 Å². The van der Waals surface area contributed by atoms with Gasteiger partial charge in [0, 0.05) is 16.9 Å². The first kappa shape index (κ1) is 11.7. The van der Waals surface area contributed by atoms with Crippen molar-refractivity contribution in [3.8, 4) is 5.75 Å². The molecule has 88 valence electrons. The Labute approximate surface area is 101 Å². The van der Waals surface area contributed by atoms with E-state index >= 15 is 0 Å². The van der Waals surface area contributed by atoms with E-state index in [1.807, 2.05) is 39.0 Å². The van der Waals surface area contributed by atoms with Gasteiger partial charge in [0.1, 0.15) is 11.9 Å². The normalized spacial score (nSPS) is 27.3. The van der Waals surface area contributed by atoms with Crippen molar-refractivity contribution >= 4 is 11.6 Å². The number of aryl methyl sites for hydroxylation is 1. The molecule has 0 radical (unpaired) electrons. The van der Waals surface area contributed by atoms with Crippen LogP contribution in [0.1, 0.15) is 25.8 Å². The second kappa shape index (κ2) is 3.94. The van der Waals surface area contributed by atoms with E-state index in [0.717, 1.165) is 16.3 Å². The Bertz CT molecular complexity index is 401. The summed E-state index contributed by atoms with van der Waals surface area (Å²) in [5.74, 6) is 0.856. The molecule has 0 heterocycles. The van der Waals surface area contributed by atoms with Crippen LogP contribution in [0.5, 0.6) is 5.75 Å². The Kier molecular flexibility index (Phi) is 2.89. The highest BCUT2D eigenvalue weighted by atomic mass is 35.5. The summed E-state index contributed by atoms with van der Waals surface area (Å²) >= 11 is 5.89. The fourth-order valence-corrected chi connectivity index (χ4v) is 2.19. The van der Waals surface area contributed by atoms with Crippen molar-refractivity contribution in [2.24, 2.45) is 5.41 Å². The predicted molar refractivity (Wildman–Crippen MR) is 65.0 cm³/mol. The Morgan fingerprint density at radius 3 is 2.62 bits per heavy atom.